The van der Waals surface area contributed by atoms with Crippen LogP contribution in [0.25, 0.3) is 0 Å². The Labute approximate surface area is 141 Å². The Morgan fingerprint density at radius 3 is 2.54 bits per heavy atom. The summed E-state index contributed by atoms with van der Waals surface area (Å²) in [6.07, 6.45) is 0.586. The number of nitrogens with zero attached hydrogens (tertiary/aromatic N) is 2. The first kappa shape index (κ1) is 18.2. The van der Waals surface area contributed by atoms with Gasteiger partial charge in [0.1, 0.15) is 5.76 Å². The predicted octanol–water partition coefficient (Wildman–Crippen LogP) is 2.41. The summed E-state index contributed by atoms with van der Waals surface area (Å²) in [5.74, 6) is 0.350. The highest BCUT2D eigenvalue weighted by atomic mass is 32.2. The molecule has 0 aliphatic carbocycles. The minimum Gasteiger partial charge on any atom is -0.360 e. The summed E-state index contributed by atoms with van der Waals surface area (Å²) in [6.45, 7) is 5.05. The molecule has 2 aromatic rings. The van der Waals surface area contributed by atoms with Crippen LogP contribution in [0.4, 0.5) is 5.82 Å². The zero-order valence-corrected chi connectivity index (χ0v) is 14.7. The van der Waals surface area contributed by atoms with Crippen LogP contribution in [0, 0.1) is 6.92 Å². The third-order valence-electron chi connectivity index (χ3n) is 3.63. The first-order chi connectivity index (χ1) is 11.3. The fraction of sp³-hybridized carbons (Fsp3) is 0.375. The maximum absolute atomic E-state index is 12.8. The van der Waals surface area contributed by atoms with Gasteiger partial charge in [0, 0.05) is 12.1 Å². The van der Waals surface area contributed by atoms with Gasteiger partial charge in [-0.1, -0.05) is 30.3 Å². The van der Waals surface area contributed by atoms with Gasteiger partial charge in [0.15, 0.2) is 5.82 Å². The third kappa shape index (κ3) is 4.21. The van der Waals surface area contributed by atoms with Crippen molar-refractivity contribution in [2.75, 3.05) is 11.9 Å². The van der Waals surface area contributed by atoms with Crippen LogP contribution in [0.1, 0.15) is 26.0 Å². The van der Waals surface area contributed by atoms with Crippen molar-refractivity contribution < 1.29 is 17.7 Å². The van der Waals surface area contributed by atoms with Crippen molar-refractivity contribution >= 4 is 21.7 Å². The number of nitrogens with one attached hydrogen (secondary N) is 1. The lowest BCUT2D eigenvalue weighted by Gasteiger charge is -2.27. The number of benzene rings is 1. The number of hydrogen-bond donors (Lipinski definition) is 1. The number of amides is 1. The number of carbonyl (C=O) groups excluding carboxylic acids is 1. The van der Waals surface area contributed by atoms with Crippen molar-refractivity contribution in [3.63, 3.8) is 0 Å². The molecular weight excluding hydrogens is 330 g/mol. The number of sulfonamides is 1. The number of rotatable bonds is 7. The van der Waals surface area contributed by atoms with E-state index in [-0.39, 0.29) is 23.3 Å². The van der Waals surface area contributed by atoms with Crippen molar-refractivity contribution in [2.45, 2.75) is 38.1 Å². The smallest absolute Gasteiger partial charge is 0.243 e. The van der Waals surface area contributed by atoms with Crippen LogP contribution in [-0.4, -0.2) is 36.4 Å². The van der Waals surface area contributed by atoms with Gasteiger partial charge in [-0.2, -0.15) is 4.31 Å². The Hall–Kier alpha value is -2.19. The number of aryl methyl sites for hydroxylation is 1. The fourth-order valence-corrected chi connectivity index (χ4v) is 3.84. The maximum atomic E-state index is 12.8. The van der Waals surface area contributed by atoms with Gasteiger partial charge in [-0.3, -0.25) is 4.79 Å². The standard InChI is InChI=1S/C16H21N3O4S/c1-4-12(2)19(24(21,22)14-8-6-5-7-9-14)11-16(20)17-15-10-13(3)23-18-15/h5-10,12H,4,11H2,1-3H3,(H,17,18,20)/t12-/m1/s1. The average Bonchev–Trinajstić information content (AvgIpc) is 2.97. The largest absolute Gasteiger partial charge is 0.360 e. The first-order valence-electron chi connectivity index (χ1n) is 7.64. The average molecular weight is 351 g/mol. The quantitative estimate of drug-likeness (QED) is 0.827. The third-order valence-corrected chi connectivity index (χ3v) is 5.60. The summed E-state index contributed by atoms with van der Waals surface area (Å²) < 4.78 is 31.8. The zero-order chi connectivity index (χ0) is 17.7. The lowest BCUT2D eigenvalue weighted by Crippen LogP contribution is -2.43. The van der Waals surface area contributed by atoms with E-state index in [1.165, 1.54) is 16.4 Å². The van der Waals surface area contributed by atoms with Gasteiger partial charge in [-0.25, -0.2) is 8.42 Å². The van der Waals surface area contributed by atoms with Crippen LogP contribution >= 0.6 is 0 Å². The minimum atomic E-state index is -3.77. The van der Waals surface area contributed by atoms with E-state index in [9.17, 15) is 13.2 Å². The monoisotopic (exact) mass is 351 g/mol. The summed E-state index contributed by atoms with van der Waals surface area (Å²) in [7, 11) is -3.77. The van der Waals surface area contributed by atoms with Crippen LogP contribution in [0.5, 0.6) is 0 Å². The van der Waals surface area contributed by atoms with Crippen molar-refractivity contribution in [1.29, 1.82) is 0 Å². The molecule has 0 aliphatic rings. The molecule has 0 saturated heterocycles. The summed E-state index contributed by atoms with van der Waals surface area (Å²) in [6, 6.07) is 9.33. The molecule has 8 heteroatoms. The van der Waals surface area contributed by atoms with Crippen LogP contribution in [0.15, 0.2) is 45.8 Å². The summed E-state index contributed by atoms with van der Waals surface area (Å²) in [5, 5.41) is 6.22. The van der Waals surface area contributed by atoms with Gasteiger partial charge in [0.05, 0.1) is 11.4 Å². The van der Waals surface area contributed by atoms with E-state index in [4.69, 9.17) is 4.52 Å². The Morgan fingerprint density at radius 1 is 1.33 bits per heavy atom. The molecule has 0 radical (unpaired) electrons. The van der Waals surface area contributed by atoms with E-state index in [0.29, 0.717) is 12.2 Å². The van der Waals surface area contributed by atoms with E-state index < -0.39 is 15.9 Å². The first-order valence-corrected chi connectivity index (χ1v) is 9.08. The van der Waals surface area contributed by atoms with E-state index in [1.54, 1.807) is 38.1 Å². The molecule has 2 rings (SSSR count). The Morgan fingerprint density at radius 2 is 2.00 bits per heavy atom. The highest BCUT2D eigenvalue weighted by Crippen LogP contribution is 2.19. The molecule has 0 bridgehead atoms. The second kappa shape index (κ2) is 7.59. The molecule has 0 fully saturated rings. The van der Waals surface area contributed by atoms with Crippen molar-refractivity contribution in [3.05, 3.63) is 42.2 Å². The second-order valence-corrected chi connectivity index (χ2v) is 7.38. The molecular formula is C16H21N3O4S. The Kier molecular flexibility index (Phi) is 5.74. The summed E-state index contributed by atoms with van der Waals surface area (Å²) in [5.41, 5.74) is 0. The SMILES string of the molecule is CC[C@@H](C)N(CC(=O)Nc1cc(C)on1)S(=O)(=O)c1ccccc1. The molecule has 130 valence electrons. The molecule has 1 atom stereocenters. The van der Waals surface area contributed by atoms with Crippen molar-refractivity contribution in [3.8, 4) is 0 Å². The zero-order valence-electron chi connectivity index (χ0n) is 13.9. The summed E-state index contributed by atoms with van der Waals surface area (Å²) >= 11 is 0. The van der Waals surface area contributed by atoms with Gasteiger partial charge >= 0.3 is 0 Å². The normalized spacial score (nSPS) is 13.0. The Balaban J connectivity index is 2.21. The minimum absolute atomic E-state index is 0.162. The number of hydrogen-bond acceptors (Lipinski definition) is 5. The molecule has 1 amide bonds. The number of aromatic nitrogens is 1. The lowest BCUT2D eigenvalue weighted by atomic mass is 10.2. The van der Waals surface area contributed by atoms with E-state index in [2.05, 4.69) is 10.5 Å². The Bertz CT molecular complexity index is 787. The van der Waals surface area contributed by atoms with E-state index in [0.717, 1.165) is 0 Å². The molecule has 1 N–H and O–H groups in total. The molecule has 24 heavy (non-hydrogen) atoms. The van der Waals surface area contributed by atoms with Gasteiger partial charge in [-0.15, -0.1) is 0 Å². The van der Waals surface area contributed by atoms with E-state index >= 15 is 0 Å². The highest BCUT2D eigenvalue weighted by Gasteiger charge is 2.30. The summed E-state index contributed by atoms with van der Waals surface area (Å²) in [4.78, 5) is 12.4. The maximum Gasteiger partial charge on any atom is 0.243 e. The fourth-order valence-electron chi connectivity index (χ4n) is 2.16. The van der Waals surface area contributed by atoms with Crippen LogP contribution in [0.2, 0.25) is 0 Å². The van der Waals surface area contributed by atoms with Crippen LogP contribution in [0.3, 0.4) is 0 Å². The van der Waals surface area contributed by atoms with Crippen molar-refractivity contribution in [1.82, 2.24) is 9.46 Å². The molecule has 0 spiro atoms. The molecule has 1 heterocycles. The lowest BCUT2D eigenvalue weighted by molar-refractivity contribution is -0.116. The predicted molar refractivity (Wildman–Crippen MR) is 90.0 cm³/mol. The topological polar surface area (TPSA) is 92.5 Å². The number of anilines is 1. The van der Waals surface area contributed by atoms with Gasteiger partial charge in [-0.05, 0) is 32.4 Å². The van der Waals surface area contributed by atoms with Gasteiger partial charge < -0.3 is 9.84 Å². The second-order valence-electron chi connectivity index (χ2n) is 5.49. The molecule has 0 unspecified atom stereocenters. The molecule has 1 aromatic heterocycles. The highest BCUT2D eigenvalue weighted by molar-refractivity contribution is 7.89. The van der Waals surface area contributed by atoms with Crippen molar-refractivity contribution in [2.24, 2.45) is 0 Å². The van der Waals surface area contributed by atoms with E-state index in [1.807, 2.05) is 6.92 Å². The van der Waals surface area contributed by atoms with Gasteiger partial charge in [0.25, 0.3) is 0 Å². The molecule has 0 saturated carbocycles. The molecule has 1 aromatic carbocycles. The number of carbonyl (C=O) groups is 1. The van der Waals surface area contributed by atoms with Crippen LogP contribution in [-0.2, 0) is 14.8 Å². The van der Waals surface area contributed by atoms with Crippen LogP contribution < -0.4 is 5.32 Å². The molecule has 0 aliphatic heterocycles. The molecule has 7 nitrogen and oxygen atoms in total. The van der Waals surface area contributed by atoms with Gasteiger partial charge in [0.2, 0.25) is 15.9 Å².